The first-order valence-corrected chi connectivity index (χ1v) is 4.86. The first-order chi connectivity index (χ1) is 8.52. The van der Waals surface area contributed by atoms with Gasteiger partial charge < -0.3 is 5.73 Å². The van der Waals surface area contributed by atoms with Gasteiger partial charge in [-0.3, -0.25) is 19.7 Å². The summed E-state index contributed by atoms with van der Waals surface area (Å²) < 4.78 is 1.74. The fraction of sp³-hybridized carbons (Fsp3) is 0. The molecule has 8 heteroatoms. The van der Waals surface area contributed by atoms with Crippen LogP contribution in [0.25, 0.3) is 0 Å². The molecule has 0 aliphatic heterocycles. The molecule has 0 spiro atoms. The van der Waals surface area contributed by atoms with Gasteiger partial charge in [-0.05, 0) is 18.2 Å². The van der Waals surface area contributed by atoms with Gasteiger partial charge in [0.1, 0.15) is 0 Å². The van der Waals surface area contributed by atoms with Crippen LogP contribution in [0.4, 0.5) is 11.4 Å². The van der Waals surface area contributed by atoms with Gasteiger partial charge >= 0.3 is 11.2 Å². The summed E-state index contributed by atoms with van der Waals surface area (Å²) in [7, 11) is 0. The Balaban J connectivity index is 2.77. The second-order valence-electron chi connectivity index (χ2n) is 3.41. The average Bonchev–Trinajstić information content (AvgIpc) is 2.33. The lowest BCUT2D eigenvalue weighted by Gasteiger charge is -2.08. The minimum atomic E-state index is -0.907. The Morgan fingerprint density at radius 2 is 1.61 bits per heavy atom. The van der Waals surface area contributed by atoms with E-state index >= 15 is 0 Å². The van der Waals surface area contributed by atoms with Gasteiger partial charge in [0, 0.05) is 18.5 Å². The smallest absolute Gasteiger partial charge is 0.347 e. The van der Waals surface area contributed by atoms with E-state index in [0.717, 1.165) is 15.4 Å². The molecule has 0 fully saturated rings. The fourth-order valence-electron chi connectivity index (χ4n) is 1.45. The molecule has 0 unspecified atom stereocenters. The van der Waals surface area contributed by atoms with Crippen molar-refractivity contribution in [1.82, 2.24) is 9.35 Å². The van der Waals surface area contributed by atoms with Crippen LogP contribution in [0, 0.1) is 10.1 Å². The molecule has 0 aliphatic carbocycles. The Bertz CT molecular complexity index is 731. The lowest BCUT2D eigenvalue weighted by atomic mass is 10.4. The van der Waals surface area contributed by atoms with E-state index in [-0.39, 0.29) is 5.69 Å². The van der Waals surface area contributed by atoms with Crippen LogP contribution in [0.1, 0.15) is 0 Å². The van der Waals surface area contributed by atoms with E-state index in [2.05, 4.69) is 0 Å². The van der Waals surface area contributed by atoms with Crippen LogP contribution in [0.15, 0.2) is 46.2 Å². The molecule has 2 N–H and O–H groups in total. The number of aromatic nitrogens is 2. The Morgan fingerprint density at radius 1 is 1.06 bits per heavy atom. The molecular weight excluding hydrogens is 240 g/mol. The van der Waals surface area contributed by atoms with Crippen molar-refractivity contribution in [3.63, 3.8) is 0 Å². The second-order valence-corrected chi connectivity index (χ2v) is 3.41. The number of nitrogen functional groups attached to an aromatic ring is 1. The van der Waals surface area contributed by atoms with Crippen molar-refractivity contribution in [1.29, 1.82) is 0 Å². The molecule has 92 valence electrons. The molecule has 0 aliphatic rings. The zero-order chi connectivity index (χ0) is 13.3. The minimum Gasteiger partial charge on any atom is -0.394 e. The van der Waals surface area contributed by atoms with E-state index in [0.29, 0.717) is 0 Å². The first kappa shape index (κ1) is 11.6. The first-order valence-electron chi connectivity index (χ1n) is 4.86. The number of nitro groups is 1. The molecule has 0 amide bonds. The molecule has 8 nitrogen and oxygen atoms in total. The third-order valence-corrected chi connectivity index (χ3v) is 2.30. The van der Waals surface area contributed by atoms with Gasteiger partial charge in [0.05, 0.1) is 10.6 Å². The molecule has 0 atom stereocenters. The van der Waals surface area contributed by atoms with Crippen LogP contribution in [-0.2, 0) is 0 Å². The quantitative estimate of drug-likeness (QED) is 0.584. The lowest BCUT2D eigenvalue weighted by Crippen LogP contribution is -2.35. The van der Waals surface area contributed by atoms with Crippen molar-refractivity contribution >= 4 is 11.4 Å². The van der Waals surface area contributed by atoms with E-state index in [4.69, 9.17) is 5.73 Å². The van der Waals surface area contributed by atoms with E-state index in [9.17, 15) is 19.7 Å². The van der Waals surface area contributed by atoms with Gasteiger partial charge in [-0.15, -0.1) is 0 Å². The maximum atomic E-state index is 11.8. The molecule has 0 bridgehead atoms. The topological polar surface area (TPSA) is 113 Å². The highest BCUT2D eigenvalue weighted by atomic mass is 16.6. The number of pyridine rings is 2. The van der Waals surface area contributed by atoms with Crippen LogP contribution < -0.4 is 16.9 Å². The molecule has 18 heavy (non-hydrogen) atoms. The summed E-state index contributed by atoms with van der Waals surface area (Å²) in [5.74, 6) is 0. The Kier molecular flexibility index (Phi) is 2.68. The third kappa shape index (κ3) is 1.75. The molecule has 2 heterocycles. The van der Waals surface area contributed by atoms with Crippen LogP contribution in [0.3, 0.4) is 0 Å². The van der Waals surface area contributed by atoms with Crippen molar-refractivity contribution in [2.45, 2.75) is 0 Å². The van der Waals surface area contributed by atoms with Gasteiger partial charge in [0.25, 0.3) is 5.56 Å². The summed E-state index contributed by atoms with van der Waals surface area (Å²) >= 11 is 0. The number of nitrogens with two attached hydrogens (primary N) is 1. The monoisotopic (exact) mass is 248 g/mol. The van der Waals surface area contributed by atoms with E-state index in [1.807, 2.05) is 0 Å². The van der Waals surface area contributed by atoms with Crippen molar-refractivity contribution in [2.75, 3.05) is 5.73 Å². The summed E-state index contributed by atoms with van der Waals surface area (Å²) in [5, 5.41) is 10.6. The van der Waals surface area contributed by atoms with Crippen molar-refractivity contribution in [3.05, 3.63) is 67.5 Å². The standard InChI is InChI=1S/C10H8N4O4/c11-7-3-1-5-12(9(7)15)13-6-2-4-8(10(13)16)14(17)18/h1-6H,11H2. The average molecular weight is 248 g/mol. The van der Waals surface area contributed by atoms with Crippen LogP contribution in [0.5, 0.6) is 0 Å². The summed E-state index contributed by atoms with van der Waals surface area (Å²) in [5.41, 5.74) is 3.21. The van der Waals surface area contributed by atoms with Gasteiger partial charge in [0.2, 0.25) is 0 Å². The number of rotatable bonds is 2. The second kappa shape index (κ2) is 4.17. The van der Waals surface area contributed by atoms with Crippen LogP contribution >= 0.6 is 0 Å². The van der Waals surface area contributed by atoms with Gasteiger partial charge in [0.15, 0.2) is 0 Å². The molecule has 0 saturated heterocycles. The Morgan fingerprint density at radius 3 is 2.22 bits per heavy atom. The predicted octanol–water partition coefficient (Wildman–Crippen LogP) is -0.188. The molecular formula is C10H8N4O4. The summed E-state index contributed by atoms with van der Waals surface area (Å²) in [6, 6.07) is 5.20. The zero-order valence-electron chi connectivity index (χ0n) is 9.02. The number of hydrogen-bond donors (Lipinski definition) is 1. The number of anilines is 1. The predicted molar refractivity (Wildman–Crippen MR) is 63.3 cm³/mol. The summed E-state index contributed by atoms with van der Waals surface area (Å²) in [6.45, 7) is 0. The minimum absolute atomic E-state index is 0.0593. The summed E-state index contributed by atoms with van der Waals surface area (Å²) in [4.78, 5) is 33.3. The molecule has 0 aromatic carbocycles. The molecule has 2 rings (SSSR count). The van der Waals surface area contributed by atoms with Crippen molar-refractivity contribution < 1.29 is 4.92 Å². The van der Waals surface area contributed by atoms with Gasteiger partial charge in [-0.1, -0.05) is 0 Å². The number of hydrogen-bond acceptors (Lipinski definition) is 5. The third-order valence-electron chi connectivity index (χ3n) is 2.30. The molecule has 0 radical (unpaired) electrons. The zero-order valence-corrected chi connectivity index (χ0v) is 9.02. The number of nitrogens with zero attached hydrogens (tertiary/aromatic N) is 3. The van der Waals surface area contributed by atoms with Crippen LogP contribution in [-0.4, -0.2) is 14.3 Å². The lowest BCUT2D eigenvalue weighted by molar-refractivity contribution is -0.386. The van der Waals surface area contributed by atoms with Crippen molar-refractivity contribution in [2.24, 2.45) is 0 Å². The maximum absolute atomic E-state index is 11.8. The fourth-order valence-corrected chi connectivity index (χ4v) is 1.45. The van der Waals surface area contributed by atoms with Crippen LogP contribution in [0.2, 0.25) is 0 Å². The Hall–Kier alpha value is -2.90. The summed E-state index contributed by atoms with van der Waals surface area (Å²) in [6.07, 6.45) is 2.54. The Labute approximate surface area is 99.6 Å². The maximum Gasteiger partial charge on any atom is 0.347 e. The van der Waals surface area contributed by atoms with Gasteiger partial charge in [-0.2, -0.15) is 0 Å². The normalized spacial score (nSPS) is 10.2. The van der Waals surface area contributed by atoms with Crippen molar-refractivity contribution in [3.8, 4) is 0 Å². The molecule has 2 aromatic rings. The van der Waals surface area contributed by atoms with E-state index in [1.54, 1.807) is 0 Å². The highest BCUT2D eigenvalue weighted by Gasteiger charge is 2.15. The largest absolute Gasteiger partial charge is 0.394 e. The molecule has 0 saturated carbocycles. The SMILES string of the molecule is Nc1cccn(-n2cccc([N+](=O)[O-])c2=O)c1=O. The van der Waals surface area contributed by atoms with E-state index in [1.165, 1.54) is 30.6 Å². The highest BCUT2D eigenvalue weighted by Crippen LogP contribution is 2.02. The molecule has 2 aromatic heterocycles. The van der Waals surface area contributed by atoms with Gasteiger partial charge in [-0.25, -0.2) is 9.35 Å². The highest BCUT2D eigenvalue weighted by molar-refractivity contribution is 5.34. The van der Waals surface area contributed by atoms with E-state index < -0.39 is 21.7 Å².